The SMILES string of the molecule is CCCNC(C)c1nnc(NCc2csc(C)n2)o1. The Labute approximate surface area is 116 Å². The van der Waals surface area contributed by atoms with Gasteiger partial charge in [0, 0.05) is 5.38 Å². The summed E-state index contributed by atoms with van der Waals surface area (Å²) in [6.45, 7) is 7.65. The molecule has 0 radical (unpaired) electrons. The predicted molar refractivity (Wildman–Crippen MR) is 75.2 cm³/mol. The molecule has 0 amide bonds. The van der Waals surface area contributed by atoms with Gasteiger partial charge in [0.2, 0.25) is 5.89 Å². The van der Waals surface area contributed by atoms with Crippen LogP contribution in [0.2, 0.25) is 0 Å². The third kappa shape index (κ3) is 4.00. The molecule has 7 heteroatoms. The highest BCUT2D eigenvalue weighted by Gasteiger charge is 2.12. The molecule has 0 fully saturated rings. The summed E-state index contributed by atoms with van der Waals surface area (Å²) in [5.41, 5.74) is 0.986. The average Bonchev–Trinajstić information content (AvgIpc) is 3.02. The number of aryl methyl sites for hydroxylation is 1. The first-order valence-corrected chi connectivity index (χ1v) is 7.28. The van der Waals surface area contributed by atoms with E-state index in [0.717, 1.165) is 23.7 Å². The summed E-state index contributed by atoms with van der Waals surface area (Å²) >= 11 is 1.63. The van der Waals surface area contributed by atoms with Crippen molar-refractivity contribution in [3.8, 4) is 0 Å². The Bertz CT molecular complexity index is 510. The molecule has 0 saturated carbocycles. The summed E-state index contributed by atoms with van der Waals surface area (Å²) in [5.74, 6) is 0.602. The zero-order chi connectivity index (χ0) is 13.7. The van der Waals surface area contributed by atoms with Gasteiger partial charge in [0.05, 0.1) is 23.3 Å². The Hall–Kier alpha value is -1.47. The van der Waals surface area contributed by atoms with Gasteiger partial charge in [0.15, 0.2) is 0 Å². The van der Waals surface area contributed by atoms with Gasteiger partial charge in [-0.1, -0.05) is 12.0 Å². The lowest BCUT2D eigenvalue weighted by Gasteiger charge is -2.07. The lowest BCUT2D eigenvalue weighted by molar-refractivity contribution is 0.423. The number of nitrogens with zero attached hydrogens (tertiary/aromatic N) is 3. The number of thiazole rings is 1. The molecule has 2 aromatic rings. The van der Waals surface area contributed by atoms with Crippen molar-refractivity contribution < 1.29 is 4.42 Å². The van der Waals surface area contributed by atoms with Gasteiger partial charge in [-0.2, -0.15) is 0 Å². The molecule has 2 N–H and O–H groups in total. The summed E-state index contributed by atoms with van der Waals surface area (Å²) in [6, 6.07) is 0.510. The fourth-order valence-corrected chi connectivity index (χ4v) is 2.20. The lowest BCUT2D eigenvalue weighted by Crippen LogP contribution is -2.19. The number of nitrogens with one attached hydrogen (secondary N) is 2. The van der Waals surface area contributed by atoms with Crippen LogP contribution in [0.5, 0.6) is 0 Å². The van der Waals surface area contributed by atoms with Crippen LogP contribution in [0.3, 0.4) is 0 Å². The van der Waals surface area contributed by atoms with E-state index in [1.807, 2.05) is 19.2 Å². The van der Waals surface area contributed by atoms with Crippen molar-refractivity contribution in [2.75, 3.05) is 11.9 Å². The molecule has 0 aliphatic carbocycles. The zero-order valence-electron chi connectivity index (χ0n) is 11.4. The third-order valence-electron chi connectivity index (χ3n) is 2.60. The summed E-state index contributed by atoms with van der Waals surface area (Å²) in [4.78, 5) is 4.36. The van der Waals surface area contributed by atoms with E-state index in [0.29, 0.717) is 18.5 Å². The molecular weight excluding hydrogens is 262 g/mol. The maximum atomic E-state index is 5.55. The first-order valence-electron chi connectivity index (χ1n) is 6.40. The van der Waals surface area contributed by atoms with E-state index in [1.165, 1.54) is 0 Å². The van der Waals surface area contributed by atoms with Crippen molar-refractivity contribution in [1.29, 1.82) is 0 Å². The van der Waals surface area contributed by atoms with Crippen molar-refractivity contribution >= 4 is 17.4 Å². The molecule has 0 bridgehead atoms. The molecule has 0 aliphatic rings. The van der Waals surface area contributed by atoms with Gasteiger partial charge in [-0.3, -0.25) is 0 Å². The minimum Gasteiger partial charge on any atom is -0.406 e. The van der Waals surface area contributed by atoms with Crippen LogP contribution in [0.4, 0.5) is 6.01 Å². The number of hydrogen-bond acceptors (Lipinski definition) is 7. The predicted octanol–water partition coefficient (Wildman–Crippen LogP) is 2.51. The second-order valence-corrected chi connectivity index (χ2v) is 5.39. The molecule has 0 spiro atoms. The van der Waals surface area contributed by atoms with Crippen molar-refractivity contribution in [2.24, 2.45) is 0 Å². The normalized spacial score (nSPS) is 12.6. The monoisotopic (exact) mass is 281 g/mol. The number of hydrogen-bond donors (Lipinski definition) is 2. The lowest BCUT2D eigenvalue weighted by atomic mass is 10.3. The van der Waals surface area contributed by atoms with E-state index in [2.05, 4.69) is 32.7 Å². The van der Waals surface area contributed by atoms with E-state index < -0.39 is 0 Å². The Morgan fingerprint density at radius 1 is 1.42 bits per heavy atom. The molecule has 2 rings (SSSR count). The maximum Gasteiger partial charge on any atom is 0.315 e. The molecular formula is C12H19N5OS. The number of anilines is 1. The fraction of sp³-hybridized carbons (Fsp3) is 0.583. The van der Waals surface area contributed by atoms with Crippen LogP contribution in [-0.2, 0) is 6.54 Å². The molecule has 104 valence electrons. The molecule has 0 aromatic carbocycles. The van der Waals surface area contributed by atoms with Gasteiger partial charge in [0.25, 0.3) is 0 Å². The summed E-state index contributed by atoms with van der Waals surface area (Å²) in [6.07, 6.45) is 1.08. The van der Waals surface area contributed by atoms with E-state index >= 15 is 0 Å². The number of aromatic nitrogens is 3. The minimum atomic E-state index is 0.0736. The molecule has 2 aromatic heterocycles. The van der Waals surface area contributed by atoms with Crippen LogP contribution in [0.1, 0.15) is 42.9 Å². The summed E-state index contributed by atoms with van der Waals surface area (Å²) in [7, 11) is 0. The van der Waals surface area contributed by atoms with Crippen LogP contribution in [-0.4, -0.2) is 21.7 Å². The highest BCUT2D eigenvalue weighted by atomic mass is 32.1. The van der Waals surface area contributed by atoms with Crippen LogP contribution in [0, 0.1) is 6.92 Å². The number of rotatable bonds is 7. The van der Waals surface area contributed by atoms with Crippen molar-refractivity contribution in [3.63, 3.8) is 0 Å². The second-order valence-electron chi connectivity index (χ2n) is 4.33. The van der Waals surface area contributed by atoms with Gasteiger partial charge in [-0.15, -0.1) is 16.4 Å². The van der Waals surface area contributed by atoms with E-state index in [4.69, 9.17) is 4.42 Å². The largest absolute Gasteiger partial charge is 0.406 e. The Morgan fingerprint density at radius 3 is 2.95 bits per heavy atom. The molecule has 0 aliphatic heterocycles. The van der Waals surface area contributed by atoms with Crippen LogP contribution in [0.25, 0.3) is 0 Å². The van der Waals surface area contributed by atoms with Crippen molar-refractivity contribution in [3.05, 3.63) is 22.0 Å². The van der Waals surface area contributed by atoms with Crippen molar-refractivity contribution in [2.45, 2.75) is 39.8 Å². The third-order valence-corrected chi connectivity index (χ3v) is 3.42. The van der Waals surface area contributed by atoms with Gasteiger partial charge in [-0.25, -0.2) is 4.98 Å². The van der Waals surface area contributed by atoms with Crippen LogP contribution < -0.4 is 10.6 Å². The highest BCUT2D eigenvalue weighted by molar-refractivity contribution is 7.09. The molecule has 2 heterocycles. The average molecular weight is 281 g/mol. The second kappa shape index (κ2) is 6.63. The smallest absolute Gasteiger partial charge is 0.315 e. The molecule has 19 heavy (non-hydrogen) atoms. The van der Waals surface area contributed by atoms with Gasteiger partial charge < -0.3 is 15.1 Å². The van der Waals surface area contributed by atoms with Gasteiger partial charge in [0.1, 0.15) is 0 Å². The van der Waals surface area contributed by atoms with E-state index in [-0.39, 0.29) is 6.04 Å². The maximum absolute atomic E-state index is 5.55. The molecule has 0 saturated heterocycles. The van der Waals surface area contributed by atoms with E-state index in [1.54, 1.807) is 11.3 Å². The standard InChI is InChI=1S/C12H19N5OS/c1-4-5-13-8(2)11-16-17-12(18-11)14-6-10-7-19-9(3)15-10/h7-8,13H,4-6H2,1-3H3,(H,14,17). The molecule has 1 atom stereocenters. The summed E-state index contributed by atoms with van der Waals surface area (Å²) < 4.78 is 5.55. The first kappa shape index (κ1) is 14.0. The fourth-order valence-electron chi connectivity index (χ4n) is 1.58. The zero-order valence-corrected chi connectivity index (χ0v) is 12.3. The van der Waals surface area contributed by atoms with E-state index in [9.17, 15) is 0 Å². The molecule has 1 unspecified atom stereocenters. The Morgan fingerprint density at radius 2 is 2.26 bits per heavy atom. The first-order chi connectivity index (χ1) is 9.19. The van der Waals surface area contributed by atoms with Gasteiger partial charge >= 0.3 is 6.01 Å². The van der Waals surface area contributed by atoms with Gasteiger partial charge in [-0.05, 0) is 26.8 Å². The van der Waals surface area contributed by atoms with Crippen molar-refractivity contribution in [1.82, 2.24) is 20.5 Å². The van der Waals surface area contributed by atoms with Crippen LogP contribution in [0.15, 0.2) is 9.80 Å². The Kier molecular flexibility index (Phi) is 4.86. The van der Waals surface area contributed by atoms with Crippen LogP contribution >= 0.6 is 11.3 Å². The topological polar surface area (TPSA) is 75.9 Å². The minimum absolute atomic E-state index is 0.0736. The highest BCUT2D eigenvalue weighted by Crippen LogP contribution is 2.15. The Balaban J connectivity index is 1.86. The summed E-state index contributed by atoms with van der Waals surface area (Å²) in [5, 5.41) is 17.5. The quantitative estimate of drug-likeness (QED) is 0.812. The molecule has 6 nitrogen and oxygen atoms in total.